The van der Waals surface area contributed by atoms with Crippen LogP contribution >= 0.6 is 11.6 Å². The minimum atomic E-state index is -0.984. The molecular weight excluding hydrogens is 318 g/mol. The van der Waals surface area contributed by atoms with Crippen LogP contribution in [0.25, 0.3) is 0 Å². The van der Waals surface area contributed by atoms with Crippen LogP contribution in [-0.2, 0) is 19.1 Å². The van der Waals surface area contributed by atoms with Gasteiger partial charge in [-0.05, 0) is 12.1 Å². The van der Waals surface area contributed by atoms with Crippen molar-refractivity contribution < 1.29 is 24.0 Å². The molecule has 0 aliphatic carbocycles. The van der Waals surface area contributed by atoms with E-state index in [0.29, 0.717) is 0 Å². The third-order valence-electron chi connectivity index (χ3n) is 2.56. The van der Waals surface area contributed by atoms with Gasteiger partial charge < -0.3 is 20.1 Å². The van der Waals surface area contributed by atoms with Gasteiger partial charge in [-0.1, -0.05) is 11.6 Å². The highest BCUT2D eigenvalue weighted by molar-refractivity contribution is 6.39. The van der Waals surface area contributed by atoms with Gasteiger partial charge in [0.15, 0.2) is 6.29 Å². The standard InChI is InChI=1S/C12H14ClN3O6/c1-21-10(22-2)6-14-11(17)12(18)15-7-3-4-8(13)9(5-7)16(19)20/h3-5,10H,6H2,1-2H3,(H,14,17)(H,15,18). The van der Waals surface area contributed by atoms with Crippen molar-refractivity contribution in [2.24, 2.45) is 0 Å². The fourth-order valence-corrected chi connectivity index (χ4v) is 1.62. The molecule has 9 nitrogen and oxygen atoms in total. The van der Waals surface area contributed by atoms with Crippen molar-refractivity contribution >= 4 is 34.8 Å². The summed E-state index contributed by atoms with van der Waals surface area (Å²) in [6.07, 6.45) is -0.687. The number of carbonyl (C=O) groups excluding carboxylic acids is 2. The van der Waals surface area contributed by atoms with E-state index in [-0.39, 0.29) is 22.9 Å². The molecular formula is C12H14ClN3O6. The highest BCUT2D eigenvalue weighted by atomic mass is 35.5. The van der Waals surface area contributed by atoms with Gasteiger partial charge in [0.1, 0.15) is 5.02 Å². The second kappa shape index (κ2) is 8.27. The van der Waals surface area contributed by atoms with Crippen LogP contribution in [0.4, 0.5) is 11.4 Å². The lowest BCUT2D eigenvalue weighted by molar-refractivity contribution is -0.384. The molecule has 120 valence electrons. The molecule has 0 spiro atoms. The number of methoxy groups -OCH3 is 2. The maximum Gasteiger partial charge on any atom is 0.313 e. The summed E-state index contributed by atoms with van der Waals surface area (Å²) in [5.74, 6) is -1.92. The number of ether oxygens (including phenoxy) is 2. The van der Waals surface area contributed by atoms with Gasteiger partial charge in [0, 0.05) is 26.0 Å². The van der Waals surface area contributed by atoms with E-state index in [1.807, 2.05) is 0 Å². The maximum atomic E-state index is 11.7. The van der Waals surface area contributed by atoms with Crippen molar-refractivity contribution in [3.8, 4) is 0 Å². The van der Waals surface area contributed by atoms with Crippen LogP contribution in [0, 0.1) is 10.1 Å². The van der Waals surface area contributed by atoms with Crippen molar-refractivity contribution in [2.75, 3.05) is 26.1 Å². The Bertz CT molecular complexity index is 576. The van der Waals surface area contributed by atoms with Crippen molar-refractivity contribution in [3.63, 3.8) is 0 Å². The number of nitrogens with zero attached hydrogens (tertiary/aromatic N) is 1. The van der Waals surface area contributed by atoms with Crippen LogP contribution in [-0.4, -0.2) is 43.8 Å². The van der Waals surface area contributed by atoms with E-state index in [9.17, 15) is 19.7 Å². The second-order valence-electron chi connectivity index (χ2n) is 3.99. The number of halogens is 1. The molecule has 22 heavy (non-hydrogen) atoms. The summed E-state index contributed by atoms with van der Waals surface area (Å²) < 4.78 is 9.69. The number of carbonyl (C=O) groups is 2. The second-order valence-corrected chi connectivity index (χ2v) is 4.40. The predicted molar refractivity (Wildman–Crippen MR) is 77.6 cm³/mol. The van der Waals surface area contributed by atoms with Gasteiger partial charge in [0.05, 0.1) is 11.5 Å². The van der Waals surface area contributed by atoms with E-state index in [2.05, 4.69) is 10.6 Å². The molecule has 1 aromatic carbocycles. The zero-order valence-corrected chi connectivity index (χ0v) is 12.5. The average molecular weight is 332 g/mol. The Hall–Kier alpha value is -2.23. The molecule has 0 atom stereocenters. The first-order valence-electron chi connectivity index (χ1n) is 5.97. The highest BCUT2D eigenvalue weighted by Crippen LogP contribution is 2.27. The van der Waals surface area contributed by atoms with Crippen molar-refractivity contribution in [2.45, 2.75) is 6.29 Å². The topological polar surface area (TPSA) is 120 Å². The molecule has 1 rings (SSSR count). The highest BCUT2D eigenvalue weighted by Gasteiger charge is 2.18. The number of hydrogen-bond donors (Lipinski definition) is 2. The lowest BCUT2D eigenvalue weighted by Gasteiger charge is -2.13. The monoisotopic (exact) mass is 331 g/mol. The van der Waals surface area contributed by atoms with E-state index < -0.39 is 23.0 Å². The number of anilines is 1. The summed E-state index contributed by atoms with van der Waals surface area (Å²) in [6, 6.07) is 3.65. The summed E-state index contributed by atoms with van der Waals surface area (Å²) in [7, 11) is 2.76. The van der Waals surface area contributed by atoms with E-state index >= 15 is 0 Å². The van der Waals surface area contributed by atoms with E-state index in [4.69, 9.17) is 21.1 Å². The summed E-state index contributed by atoms with van der Waals surface area (Å²) in [6.45, 7) is -0.0278. The molecule has 0 radical (unpaired) electrons. The summed E-state index contributed by atoms with van der Waals surface area (Å²) in [5, 5.41) is 15.2. The van der Waals surface area contributed by atoms with Gasteiger partial charge in [0.2, 0.25) is 0 Å². The molecule has 0 bridgehead atoms. The zero-order valence-electron chi connectivity index (χ0n) is 11.8. The smallest absolute Gasteiger partial charge is 0.313 e. The molecule has 0 saturated heterocycles. The maximum absolute atomic E-state index is 11.7. The molecule has 0 unspecified atom stereocenters. The van der Waals surface area contributed by atoms with Crippen LogP contribution in [0.5, 0.6) is 0 Å². The van der Waals surface area contributed by atoms with Crippen LogP contribution in [0.1, 0.15) is 0 Å². The number of nitro benzene ring substituents is 1. The summed E-state index contributed by atoms with van der Waals surface area (Å²) in [4.78, 5) is 33.3. The largest absolute Gasteiger partial charge is 0.354 e. The van der Waals surface area contributed by atoms with E-state index in [1.165, 1.54) is 26.4 Å². The van der Waals surface area contributed by atoms with Crippen molar-refractivity contribution in [1.82, 2.24) is 5.32 Å². The number of nitro groups is 1. The molecule has 2 N–H and O–H groups in total. The Morgan fingerprint density at radius 1 is 1.32 bits per heavy atom. The third kappa shape index (κ3) is 4.95. The van der Waals surface area contributed by atoms with Crippen LogP contribution < -0.4 is 10.6 Å². The molecule has 0 aliphatic rings. The van der Waals surface area contributed by atoms with Gasteiger partial charge in [-0.25, -0.2) is 0 Å². The molecule has 0 aliphatic heterocycles. The Labute approximate surface area is 130 Å². The molecule has 0 heterocycles. The van der Waals surface area contributed by atoms with E-state index in [0.717, 1.165) is 6.07 Å². The molecule has 0 saturated carbocycles. The SMILES string of the molecule is COC(CNC(=O)C(=O)Nc1ccc(Cl)c([N+](=O)[O-])c1)OC. The molecule has 0 fully saturated rings. The van der Waals surface area contributed by atoms with Gasteiger partial charge in [-0.15, -0.1) is 0 Å². The quantitative estimate of drug-likeness (QED) is 0.346. The van der Waals surface area contributed by atoms with Gasteiger partial charge >= 0.3 is 11.8 Å². The average Bonchev–Trinajstić information content (AvgIpc) is 2.49. The van der Waals surface area contributed by atoms with Gasteiger partial charge in [-0.3, -0.25) is 19.7 Å². The zero-order chi connectivity index (χ0) is 16.7. The first-order chi connectivity index (χ1) is 10.4. The van der Waals surface area contributed by atoms with Crippen LogP contribution in [0.2, 0.25) is 5.02 Å². The Balaban J connectivity index is 2.66. The fraction of sp³-hybridized carbons (Fsp3) is 0.333. The van der Waals surface area contributed by atoms with E-state index in [1.54, 1.807) is 0 Å². The first kappa shape index (κ1) is 17.8. The minimum Gasteiger partial charge on any atom is -0.354 e. The lowest BCUT2D eigenvalue weighted by Crippen LogP contribution is -2.40. The molecule has 10 heteroatoms. The summed E-state index contributed by atoms with van der Waals surface area (Å²) >= 11 is 5.65. The van der Waals surface area contributed by atoms with Crippen molar-refractivity contribution in [1.29, 1.82) is 0 Å². The molecule has 1 aromatic rings. The fourth-order valence-electron chi connectivity index (χ4n) is 1.44. The lowest BCUT2D eigenvalue weighted by atomic mass is 10.2. The number of benzene rings is 1. The number of amides is 2. The van der Waals surface area contributed by atoms with Crippen LogP contribution in [0.15, 0.2) is 18.2 Å². The normalized spacial score (nSPS) is 10.4. The number of hydrogen-bond acceptors (Lipinski definition) is 6. The minimum absolute atomic E-state index is 0.0278. The van der Waals surface area contributed by atoms with Gasteiger partial charge in [-0.2, -0.15) is 0 Å². The number of nitrogens with one attached hydrogen (secondary N) is 2. The Morgan fingerprint density at radius 2 is 1.95 bits per heavy atom. The Kier molecular flexibility index (Phi) is 6.70. The summed E-state index contributed by atoms with van der Waals surface area (Å²) in [5.41, 5.74) is -0.301. The molecule has 0 aromatic heterocycles. The number of rotatable bonds is 6. The van der Waals surface area contributed by atoms with Crippen molar-refractivity contribution in [3.05, 3.63) is 33.3 Å². The Morgan fingerprint density at radius 3 is 2.50 bits per heavy atom. The first-order valence-corrected chi connectivity index (χ1v) is 6.35. The third-order valence-corrected chi connectivity index (χ3v) is 2.88. The predicted octanol–water partition coefficient (Wildman–Crippen LogP) is 0.922. The van der Waals surface area contributed by atoms with Gasteiger partial charge in [0.25, 0.3) is 5.69 Å². The van der Waals surface area contributed by atoms with Crippen LogP contribution in [0.3, 0.4) is 0 Å². The molecule has 2 amide bonds.